The highest BCUT2D eigenvalue weighted by Crippen LogP contribution is 2.36. The van der Waals surface area contributed by atoms with E-state index in [9.17, 15) is 4.79 Å². The van der Waals surface area contributed by atoms with Crippen LogP contribution in [0.25, 0.3) is 0 Å². The molecular weight excluding hydrogens is 304 g/mol. The lowest BCUT2D eigenvalue weighted by atomic mass is 9.99. The van der Waals surface area contributed by atoms with Crippen LogP contribution >= 0.6 is 12.4 Å². The molecule has 0 bridgehead atoms. The van der Waals surface area contributed by atoms with Crippen molar-refractivity contribution in [3.63, 3.8) is 0 Å². The summed E-state index contributed by atoms with van der Waals surface area (Å²) in [5.74, 6) is -0.279. The molecule has 0 aromatic heterocycles. The van der Waals surface area contributed by atoms with Gasteiger partial charge in [-0.3, -0.25) is 4.79 Å². The maximum absolute atomic E-state index is 12.0. The van der Waals surface area contributed by atoms with E-state index in [1.165, 1.54) is 12.8 Å². The summed E-state index contributed by atoms with van der Waals surface area (Å²) in [6.07, 6.45) is 7.67. The second-order valence-electron chi connectivity index (χ2n) is 6.53. The van der Waals surface area contributed by atoms with Crippen LogP contribution in [0.3, 0.4) is 0 Å². The molecule has 5 nitrogen and oxygen atoms in total. The summed E-state index contributed by atoms with van der Waals surface area (Å²) in [5.41, 5.74) is 5.93. The molecule has 3 atom stereocenters. The van der Waals surface area contributed by atoms with Crippen LogP contribution in [0.1, 0.15) is 58.8 Å². The number of ether oxygens (including phenoxy) is 2. The third kappa shape index (κ3) is 5.08. The fraction of sp³-hybridized carbons (Fsp3) is 0.938. The Hall–Kier alpha value is -0.360. The SMILES string of the molecule is CCC(C)C(N)C(=O)NCC1COC2(CCCCCC2)O1.Cl. The summed E-state index contributed by atoms with van der Waals surface area (Å²) in [4.78, 5) is 12.0. The Morgan fingerprint density at radius 1 is 1.32 bits per heavy atom. The number of hydrogen-bond donors (Lipinski definition) is 2. The van der Waals surface area contributed by atoms with Crippen molar-refractivity contribution in [2.75, 3.05) is 13.2 Å². The Morgan fingerprint density at radius 3 is 2.55 bits per heavy atom. The molecule has 0 aromatic carbocycles. The number of halogens is 1. The minimum absolute atomic E-state index is 0. The zero-order valence-corrected chi connectivity index (χ0v) is 14.6. The largest absolute Gasteiger partial charge is 0.352 e. The van der Waals surface area contributed by atoms with Crippen molar-refractivity contribution in [3.05, 3.63) is 0 Å². The zero-order valence-electron chi connectivity index (χ0n) is 13.8. The molecule has 1 heterocycles. The second-order valence-corrected chi connectivity index (χ2v) is 6.53. The van der Waals surface area contributed by atoms with Gasteiger partial charge in [0.25, 0.3) is 0 Å². The van der Waals surface area contributed by atoms with Crippen molar-refractivity contribution >= 4 is 18.3 Å². The molecule has 6 heteroatoms. The standard InChI is InChI=1S/C16H30N2O3.ClH/c1-3-12(2)14(17)15(19)18-10-13-11-20-16(21-13)8-6-4-5-7-9-16;/h12-14H,3-11,17H2,1-2H3,(H,18,19);1H. The normalized spacial score (nSPS) is 26.8. The van der Waals surface area contributed by atoms with Gasteiger partial charge in [-0.05, 0) is 18.8 Å². The average molecular weight is 335 g/mol. The molecule has 22 heavy (non-hydrogen) atoms. The number of rotatable bonds is 5. The number of carbonyl (C=O) groups is 1. The first-order valence-corrected chi connectivity index (χ1v) is 8.41. The molecule has 1 spiro atoms. The molecular formula is C16H31ClN2O3. The van der Waals surface area contributed by atoms with E-state index in [2.05, 4.69) is 5.32 Å². The van der Waals surface area contributed by atoms with Crippen LogP contribution in [-0.4, -0.2) is 37.0 Å². The summed E-state index contributed by atoms with van der Waals surface area (Å²) >= 11 is 0. The fourth-order valence-electron chi connectivity index (χ4n) is 3.09. The van der Waals surface area contributed by atoms with Gasteiger partial charge in [0.2, 0.25) is 5.91 Å². The molecule has 3 unspecified atom stereocenters. The van der Waals surface area contributed by atoms with Crippen molar-refractivity contribution in [1.82, 2.24) is 5.32 Å². The first-order valence-electron chi connectivity index (χ1n) is 8.41. The van der Waals surface area contributed by atoms with Crippen molar-refractivity contribution in [2.45, 2.75) is 76.7 Å². The van der Waals surface area contributed by atoms with Crippen LogP contribution in [0.5, 0.6) is 0 Å². The van der Waals surface area contributed by atoms with Gasteiger partial charge < -0.3 is 20.5 Å². The van der Waals surface area contributed by atoms with Crippen LogP contribution in [0.2, 0.25) is 0 Å². The van der Waals surface area contributed by atoms with Crippen molar-refractivity contribution in [1.29, 1.82) is 0 Å². The molecule has 1 saturated heterocycles. The third-order valence-electron chi connectivity index (χ3n) is 4.84. The van der Waals surface area contributed by atoms with Crippen molar-refractivity contribution in [3.8, 4) is 0 Å². The van der Waals surface area contributed by atoms with E-state index < -0.39 is 6.04 Å². The lowest BCUT2D eigenvalue weighted by Crippen LogP contribution is -2.47. The smallest absolute Gasteiger partial charge is 0.237 e. The van der Waals surface area contributed by atoms with Crippen LogP contribution in [0.15, 0.2) is 0 Å². The van der Waals surface area contributed by atoms with Crippen molar-refractivity contribution in [2.24, 2.45) is 11.7 Å². The molecule has 130 valence electrons. The van der Waals surface area contributed by atoms with Gasteiger partial charge in [0.15, 0.2) is 5.79 Å². The predicted octanol–water partition coefficient (Wildman–Crippen LogP) is 2.36. The molecule has 1 saturated carbocycles. The number of nitrogens with two attached hydrogens (primary N) is 1. The van der Waals surface area contributed by atoms with E-state index in [0.29, 0.717) is 13.2 Å². The lowest BCUT2D eigenvalue weighted by Gasteiger charge is -2.26. The summed E-state index contributed by atoms with van der Waals surface area (Å²) in [6.45, 7) is 5.10. The molecule has 1 aliphatic heterocycles. The van der Waals surface area contributed by atoms with Gasteiger partial charge in [-0.25, -0.2) is 0 Å². The third-order valence-corrected chi connectivity index (χ3v) is 4.84. The summed E-state index contributed by atoms with van der Waals surface area (Å²) in [6, 6.07) is -0.441. The number of nitrogens with one attached hydrogen (secondary N) is 1. The Balaban J connectivity index is 0.00000242. The Kier molecular flexibility index (Phi) is 8.11. The molecule has 0 aromatic rings. The van der Waals surface area contributed by atoms with Gasteiger partial charge in [-0.15, -0.1) is 12.4 Å². The highest BCUT2D eigenvalue weighted by Gasteiger charge is 2.41. The van der Waals surface area contributed by atoms with Gasteiger partial charge in [-0.2, -0.15) is 0 Å². The van der Waals surface area contributed by atoms with Crippen LogP contribution in [-0.2, 0) is 14.3 Å². The van der Waals surface area contributed by atoms with Crippen molar-refractivity contribution < 1.29 is 14.3 Å². The quantitative estimate of drug-likeness (QED) is 0.809. The summed E-state index contributed by atoms with van der Waals surface area (Å²) in [7, 11) is 0. The van der Waals surface area contributed by atoms with E-state index >= 15 is 0 Å². The molecule has 1 amide bonds. The zero-order chi connectivity index (χ0) is 15.3. The Morgan fingerprint density at radius 2 is 1.95 bits per heavy atom. The molecule has 1 aliphatic carbocycles. The predicted molar refractivity (Wildman–Crippen MR) is 88.9 cm³/mol. The van der Waals surface area contributed by atoms with E-state index in [-0.39, 0.29) is 36.1 Å². The Labute approximate surface area is 140 Å². The highest BCUT2D eigenvalue weighted by molar-refractivity contribution is 5.85. The number of hydrogen-bond acceptors (Lipinski definition) is 4. The molecule has 3 N–H and O–H groups in total. The van der Waals surface area contributed by atoms with Gasteiger partial charge in [0.05, 0.1) is 12.6 Å². The van der Waals surface area contributed by atoms with E-state index in [4.69, 9.17) is 15.2 Å². The van der Waals surface area contributed by atoms with Crippen LogP contribution < -0.4 is 11.1 Å². The minimum atomic E-state index is -0.441. The van der Waals surface area contributed by atoms with E-state index in [0.717, 1.165) is 32.1 Å². The molecule has 2 aliphatic rings. The summed E-state index contributed by atoms with van der Waals surface area (Å²) in [5, 5.41) is 2.91. The van der Waals surface area contributed by atoms with E-state index in [1.54, 1.807) is 0 Å². The second kappa shape index (κ2) is 9.06. The first-order chi connectivity index (χ1) is 10.1. The average Bonchev–Trinajstić information content (AvgIpc) is 2.75. The van der Waals surface area contributed by atoms with Gasteiger partial charge in [-0.1, -0.05) is 33.1 Å². The Bertz CT molecular complexity index is 346. The summed E-state index contributed by atoms with van der Waals surface area (Å²) < 4.78 is 12.0. The highest BCUT2D eigenvalue weighted by atomic mass is 35.5. The van der Waals surface area contributed by atoms with Crippen LogP contribution in [0, 0.1) is 5.92 Å². The minimum Gasteiger partial charge on any atom is -0.352 e. The molecule has 0 radical (unpaired) electrons. The number of carbonyl (C=O) groups excluding carboxylic acids is 1. The van der Waals surface area contributed by atoms with Gasteiger partial charge in [0, 0.05) is 19.4 Å². The molecule has 2 rings (SSSR count). The van der Waals surface area contributed by atoms with Gasteiger partial charge >= 0.3 is 0 Å². The van der Waals surface area contributed by atoms with Gasteiger partial charge in [0.1, 0.15) is 6.10 Å². The maximum atomic E-state index is 12.0. The van der Waals surface area contributed by atoms with Crippen LogP contribution in [0.4, 0.5) is 0 Å². The fourth-order valence-corrected chi connectivity index (χ4v) is 3.09. The molecule has 2 fully saturated rings. The lowest BCUT2D eigenvalue weighted by molar-refractivity contribution is -0.175. The monoisotopic (exact) mass is 334 g/mol. The van der Waals surface area contributed by atoms with E-state index in [1.807, 2.05) is 13.8 Å². The number of amides is 1. The topological polar surface area (TPSA) is 73.6 Å². The maximum Gasteiger partial charge on any atom is 0.237 e. The first kappa shape index (κ1) is 19.7.